The van der Waals surface area contributed by atoms with E-state index in [1.807, 2.05) is 11.8 Å². The summed E-state index contributed by atoms with van der Waals surface area (Å²) in [5, 5.41) is 3.27. The van der Waals surface area contributed by atoms with Crippen LogP contribution in [-0.2, 0) is 10.0 Å². The van der Waals surface area contributed by atoms with Crippen LogP contribution in [0.5, 0.6) is 0 Å². The molecule has 0 bridgehead atoms. The van der Waals surface area contributed by atoms with Gasteiger partial charge in [0.05, 0.1) is 5.75 Å². The van der Waals surface area contributed by atoms with Crippen LogP contribution < -0.4 is 10.0 Å². The van der Waals surface area contributed by atoms with Gasteiger partial charge in [-0.25, -0.2) is 13.1 Å². The van der Waals surface area contributed by atoms with E-state index >= 15 is 0 Å². The fraction of sp³-hybridized carbons (Fsp3) is 1.00. The minimum Gasteiger partial charge on any atom is -0.316 e. The van der Waals surface area contributed by atoms with Gasteiger partial charge in [-0.15, -0.1) is 0 Å². The van der Waals surface area contributed by atoms with E-state index in [0.29, 0.717) is 6.54 Å². The highest BCUT2D eigenvalue weighted by Crippen LogP contribution is 2.37. The van der Waals surface area contributed by atoms with Crippen LogP contribution >= 0.6 is 11.8 Å². The van der Waals surface area contributed by atoms with Crippen molar-refractivity contribution in [1.29, 1.82) is 0 Å². The second-order valence-corrected chi connectivity index (χ2v) is 9.25. The molecule has 2 aliphatic heterocycles. The standard InChI is InChI=1S/C12H24N2O2S2/c1-12(5-3-7-17-12)10-14-18(15,16)9-11-4-2-6-13-8-11/h11,13-14H,2-10H2,1H3. The lowest BCUT2D eigenvalue weighted by Crippen LogP contribution is -2.41. The van der Waals surface area contributed by atoms with Gasteiger partial charge >= 0.3 is 0 Å². The third-order valence-electron chi connectivity index (χ3n) is 3.82. The molecule has 0 radical (unpaired) electrons. The van der Waals surface area contributed by atoms with Crippen LogP contribution in [0.25, 0.3) is 0 Å². The molecule has 4 nitrogen and oxygen atoms in total. The first-order chi connectivity index (χ1) is 8.49. The first-order valence-corrected chi connectivity index (χ1v) is 9.45. The molecule has 0 amide bonds. The Morgan fingerprint density at radius 1 is 1.44 bits per heavy atom. The van der Waals surface area contributed by atoms with Crippen LogP contribution in [0.2, 0.25) is 0 Å². The predicted octanol–water partition coefficient (Wildman–Crippen LogP) is 1.19. The van der Waals surface area contributed by atoms with Crippen LogP contribution in [0.4, 0.5) is 0 Å². The summed E-state index contributed by atoms with van der Waals surface area (Å²) in [5.74, 6) is 1.71. The van der Waals surface area contributed by atoms with Gasteiger partial charge in [-0.3, -0.25) is 0 Å². The molecular weight excluding hydrogens is 268 g/mol. The van der Waals surface area contributed by atoms with E-state index in [1.165, 1.54) is 6.42 Å². The zero-order valence-corrected chi connectivity index (χ0v) is 12.7. The van der Waals surface area contributed by atoms with Gasteiger partial charge in [0.2, 0.25) is 10.0 Å². The smallest absolute Gasteiger partial charge is 0.211 e. The molecule has 0 aromatic rings. The van der Waals surface area contributed by atoms with E-state index < -0.39 is 10.0 Å². The molecule has 0 saturated carbocycles. The van der Waals surface area contributed by atoms with Gasteiger partial charge in [0.15, 0.2) is 0 Å². The van der Waals surface area contributed by atoms with Gasteiger partial charge in [0.1, 0.15) is 0 Å². The van der Waals surface area contributed by atoms with E-state index in [1.54, 1.807) is 0 Å². The molecule has 0 aromatic heterocycles. The predicted molar refractivity (Wildman–Crippen MR) is 77.5 cm³/mol. The first-order valence-electron chi connectivity index (χ1n) is 6.81. The highest BCUT2D eigenvalue weighted by molar-refractivity contribution is 8.01. The van der Waals surface area contributed by atoms with Crippen molar-refractivity contribution in [2.24, 2.45) is 5.92 Å². The van der Waals surface area contributed by atoms with Gasteiger partial charge < -0.3 is 5.32 Å². The van der Waals surface area contributed by atoms with Crippen molar-refractivity contribution < 1.29 is 8.42 Å². The molecular formula is C12H24N2O2S2. The van der Waals surface area contributed by atoms with Crippen molar-refractivity contribution in [3.63, 3.8) is 0 Å². The van der Waals surface area contributed by atoms with Crippen molar-refractivity contribution in [1.82, 2.24) is 10.0 Å². The summed E-state index contributed by atoms with van der Waals surface area (Å²) in [5.41, 5.74) is 0. The van der Waals surface area contributed by atoms with Gasteiger partial charge in [-0.2, -0.15) is 11.8 Å². The number of sulfonamides is 1. The molecule has 2 heterocycles. The lowest BCUT2D eigenvalue weighted by molar-refractivity contribution is 0.402. The quantitative estimate of drug-likeness (QED) is 0.799. The Labute approximate surface area is 115 Å². The molecule has 0 spiro atoms. The Morgan fingerprint density at radius 3 is 2.89 bits per heavy atom. The van der Waals surface area contributed by atoms with Gasteiger partial charge in [0.25, 0.3) is 0 Å². The third kappa shape index (κ3) is 4.40. The third-order valence-corrected chi connectivity index (χ3v) is 6.85. The SMILES string of the molecule is CC1(CNS(=O)(=O)CC2CCCNC2)CCCS1. The van der Waals surface area contributed by atoms with Crippen LogP contribution in [0, 0.1) is 5.92 Å². The number of thioether (sulfide) groups is 1. The minimum atomic E-state index is -3.11. The summed E-state index contributed by atoms with van der Waals surface area (Å²) in [4.78, 5) is 0. The topological polar surface area (TPSA) is 58.2 Å². The number of hydrogen-bond acceptors (Lipinski definition) is 4. The molecule has 6 heteroatoms. The van der Waals surface area contributed by atoms with Crippen molar-refractivity contribution in [2.45, 2.75) is 37.4 Å². The average molecular weight is 292 g/mol. The fourth-order valence-electron chi connectivity index (χ4n) is 2.67. The maximum atomic E-state index is 12.0. The molecule has 18 heavy (non-hydrogen) atoms. The Balaban J connectivity index is 1.79. The van der Waals surface area contributed by atoms with E-state index in [4.69, 9.17) is 0 Å². The maximum Gasteiger partial charge on any atom is 0.211 e. The summed E-state index contributed by atoms with van der Waals surface area (Å²) >= 11 is 1.89. The minimum absolute atomic E-state index is 0.109. The molecule has 106 valence electrons. The number of nitrogens with one attached hydrogen (secondary N) is 2. The van der Waals surface area contributed by atoms with Gasteiger partial charge in [0, 0.05) is 11.3 Å². The molecule has 0 aromatic carbocycles. The monoisotopic (exact) mass is 292 g/mol. The summed E-state index contributed by atoms with van der Waals surface area (Å²) in [6.07, 6.45) is 4.44. The summed E-state index contributed by atoms with van der Waals surface area (Å²) in [7, 11) is -3.11. The normalized spacial score (nSPS) is 33.7. The molecule has 2 saturated heterocycles. The molecule has 2 atom stereocenters. The number of hydrogen-bond donors (Lipinski definition) is 2. The largest absolute Gasteiger partial charge is 0.316 e. The van der Waals surface area contributed by atoms with E-state index in [0.717, 1.165) is 38.1 Å². The van der Waals surface area contributed by atoms with Crippen LogP contribution in [0.3, 0.4) is 0 Å². The molecule has 2 unspecified atom stereocenters. The molecule has 2 aliphatic rings. The van der Waals surface area contributed by atoms with Crippen molar-refractivity contribution in [3.05, 3.63) is 0 Å². The summed E-state index contributed by atoms with van der Waals surface area (Å²) < 4.78 is 27.0. The highest BCUT2D eigenvalue weighted by Gasteiger charge is 2.31. The van der Waals surface area contributed by atoms with Gasteiger partial charge in [-0.1, -0.05) is 0 Å². The summed E-state index contributed by atoms with van der Waals surface area (Å²) in [6.45, 7) is 4.61. The van der Waals surface area contributed by atoms with E-state index in [-0.39, 0.29) is 16.4 Å². The lowest BCUT2D eigenvalue weighted by Gasteiger charge is -2.25. The lowest BCUT2D eigenvalue weighted by atomic mass is 10.0. The first kappa shape index (κ1) is 14.6. The Hall–Kier alpha value is 0.220. The van der Waals surface area contributed by atoms with Crippen LogP contribution in [-0.4, -0.2) is 44.3 Å². The van der Waals surface area contributed by atoms with Gasteiger partial charge in [-0.05, 0) is 57.4 Å². The number of rotatable bonds is 5. The van der Waals surface area contributed by atoms with Crippen LogP contribution in [0.1, 0.15) is 32.6 Å². The van der Waals surface area contributed by atoms with E-state index in [2.05, 4.69) is 17.0 Å². The fourth-order valence-corrected chi connectivity index (χ4v) is 5.57. The van der Waals surface area contributed by atoms with Crippen molar-refractivity contribution in [3.8, 4) is 0 Å². The Kier molecular flexibility index (Phi) is 4.97. The summed E-state index contributed by atoms with van der Waals surface area (Å²) in [6, 6.07) is 0. The maximum absolute atomic E-state index is 12.0. The van der Waals surface area contributed by atoms with E-state index in [9.17, 15) is 8.42 Å². The average Bonchev–Trinajstić information content (AvgIpc) is 2.76. The second-order valence-electron chi connectivity index (χ2n) is 5.72. The molecule has 2 rings (SSSR count). The second kappa shape index (κ2) is 6.11. The molecule has 2 fully saturated rings. The zero-order chi connectivity index (χ0) is 13.1. The van der Waals surface area contributed by atoms with Crippen LogP contribution in [0.15, 0.2) is 0 Å². The van der Waals surface area contributed by atoms with Crippen molar-refractivity contribution >= 4 is 21.8 Å². The Bertz CT molecular complexity index is 358. The molecule has 2 N–H and O–H groups in total. The zero-order valence-electron chi connectivity index (χ0n) is 11.1. The highest BCUT2D eigenvalue weighted by atomic mass is 32.2. The molecule has 0 aliphatic carbocycles. The number of piperidine rings is 1. The van der Waals surface area contributed by atoms with Crippen molar-refractivity contribution in [2.75, 3.05) is 31.1 Å². The Morgan fingerprint density at radius 2 is 2.28 bits per heavy atom.